The molecule has 0 spiro atoms. The topological polar surface area (TPSA) is 68.2 Å². The molecular weight excluding hydrogens is 409 g/mol. The van der Waals surface area contributed by atoms with Crippen molar-refractivity contribution < 1.29 is 22.7 Å². The zero-order valence-corrected chi connectivity index (χ0v) is 16.7. The van der Waals surface area contributed by atoms with Crippen molar-refractivity contribution in [3.63, 3.8) is 0 Å². The minimum atomic E-state index is -4.51. The van der Waals surface area contributed by atoms with Crippen LogP contribution >= 0.6 is 0 Å². The van der Waals surface area contributed by atoms with Gasteiger partial charge < -0.3 is 15.4 Å². The smallest absolute Gasteiger partial charge is 0.410 e. The number of hydrogen-bond donors (Lipinski definition) is 2. The summed E-state index contributed by atoms with van der Waals surface area (Å²) in [4.78, 5) is 12.7. The number of halogens is 3. The molecule has 2 aromatic carbocycles. The third-order valence-electron chi connectivity index (χ3n) is 5.30. The quantitative estimate of drug-likeness (QED) is 0.626. The molecule has 1 amide bonds. The van der Waals surface area contributed by atoms with Gasteiger partial charge in [0.25, 0.3) is 5.91 Å². The average molecular weight is 430 g/mol. The largest absolute Gasteiger partial charge is 0.497 e. The van der Waals surface area contributed by atoms with Gasteiger partial charge in [0.15, 0.2) is 6.04 Å². The second kappa shape index (κ2) is 8.33. The summed E-state index contributed by atoms with van der Waals surface area (Å²) in [5, 5.41) is 9.71. The summed E-state index contributed by atoms with van der Waals surface area (Å²) in [5.74, 6) is 0.173. The molecule has 3 aromatic rings. The Labute approximate surface area is 177 Å². The van der Waals surface area contributed by atoms with Gasteiger partial charge in [0, 0.05) is 13.0 Å². The number of ether oxygens (including phenoxy) is 1. The van der Waals surface area contributed by atoms with Crippen molar-refractivity contribution in [3.8, 4) is 5.75 Å². The number of benzene rings is 2. The normalized spacial score (nSPS) is 18.1. The number of aromatic nitrogens is 2. The molecule has 31 heavy (non-hydrogen) atoms. The Morgan fingerprint density at radius 2 is 1.90 bits per heavy atom. The van der Waals surface area contributed by atoms with E-state index in [4.69, 9.17) is 4.74 Å². The Hall–Kier alpha value is -3.49. The Morgan fingerprint density at radius 3 is 2.55 bits per heavy atom. The molecule has 6 nitrogen and oxygen atoms in total. The Bertz CT molecular complexity index is 1050. The van der Waals surface area contributed by atoms with Crippen LogP contribution in [0.15, 0.2) is 60.8 Å². The predicted octanol–water partition coefficient (Wildman–Crippen LogP) is 4.48. The first-order chi connectivity index (χ1) is 14.9. The van der Waals surface area contributed by atoms with E-state index in [-0.39, 0.29) is 24.3 Å². The van der Waals surface area contributed by atoms with E-state index in [2.05, 4.69) is 15.7 Å². The lowest BCUT2D eigenvalue weighted by Crippen LogP contribution is -2.36. The number of carbonyl (C=O) groups is 1. The van der Waals surface area contributed by atoms with E-state index in [0.29, 0.717) is 11.3 Å². The highest BCUT2D eigenvalue weighted by Gasteiger charge is 2.47. The lowest BCUT2D eigenvalue weighted by atomic mass is 9.96. The van der Waals surface area contributed by atoms with Crippen molar-refractivity contribution >= 4 is 11.7 Å². The summed E-state index contributed by atoms with van der Waals surface area (Å²) in [6, 6.07) is 13.6. The van der Waals surface area contributed by atoms with E-state index < -0.39 is 24.2 Å². The lowest BCUT2D eigenvalue weighted by molar-refractivity contribution is -0.173. The van der Waals surface area contributed by atoms with Gasteiger partial charge in [0.2, 0.25) is 0 Å². The van der Waals surface area contributed by atoms with E-state index in [1.165, 1.54) is 13.3 Å². The van der Waals surface area contributed by atoms with Crippen molar-refractivity contribution in [2.75, 3.05) is 12.4 Å². The fourth-order valence-corrected chi connectivity index (χ4v) is 3.66. The SMILES string of the molecule is COc1ccc([C@@H]2C[C@H](C(F)(F)F)n3ncc(C(=O)NCc4ccccc4)c3N2)cc1. The van der Waals surface area contributed by atoms with Gasteiger partial charge in [-0.1, -0.05) is 42.5 Å². The van der Waals surface area contributed by atoms with Crippen LogP contribution in [-0.2, 0) is 6.54 Å². The predicted molar refractivity (Wildman–Crippen MR) is 109 cm³/mol. The zero-order chi connectivity index (χ0) is 22.0. The molecule has 0 radical (unpaired) electrons. The summed E-state index contributed by atoms with van der Waals surface area (Å²) in [7, 11) is 1.52. The van der Waals surface area contributed by atoms with Gasteiger partial charge in [-0.2, -0.15) is 18.3 Å². The van der Waals surface area contributed by atoms with Crippen LogP contribution in [-0.4, -0.2) is 29.0 Å². The van der Waals surface area contributed by atoms with Crippen molar-refractivity contribution in [1.29, 1.82) is 0 Å². The number of anilines is 1. The maximum atomic E-state index is 13.8. The molecular formula is C22H21F3N4O2. The van der Waals surface area contributed by atoms with E-state index in [9.17, 15) is 18.0 Å². The number of nitrogens with zero attached hydrogens (tertiary/aromatic N) is 2. The van der Waals surface area contributed by atoms with Gasteiger partial charge in [-0.25, -0.2) is 4.68 Å². The van der Waals surface area contributed by atoms with Gasteiger partial charge in [0.1, 0.15) is 17.1 Å². The van der Waals surface area contributed by atoms with Gasteiger partial charge >= 0.3 is 6.18 Å². The molecule has 9 heteroatoms. The highest BCUT2D eigenvalue weighted by atomic mass is 19.4. The van der Waals surface area contributed by atoms with E-state index in [1.54, 1.807) is 24.3 Å². The van der Waals surface area contributed by atoms with Gasteiger partial charge in [0.05, 0.1) is 19.3 Å². The number of rotatable bonds is 5. The fourth-order valence-electron chi connectivity index (χ4n) is 3.66. The molecule has 0 saturated carbocycles. The summed E-state index contributed by atoms with van der Waals surface area (Å²) in [5.41, 5.74) is 1.62. The molecule has 2 N–H and O–H groups in total. The molecule has 0 unspecified atom stereocenters. The third kappa shape index (κ3) is 4.35. The Balaban J connectivity index is 1.61. The standard InChI is InChI=1S/C22H21F3N4O2/c1-31-16-9-7-15(8-10-16)18-11-19(22(23,24)25)29-20(28-18)17(13-27-29)21(30)26-12-14-5-3-2-4-6-14/h2-10,13,18-19,28H,11-12H2,1H3,(H,26,30)/t18-,19+/m0/s1. The minimum Gasteiger partial charge on any atom is -0.497 e. The molecule has 2 atom stereocenters. The van der Waals surface area contributed by atoms with Crippen LogP contribution in [0, 0.1) is 0 Å². The van der Waals surface area contributed by atoms with Crippen molar-refractivity contribution in [2.24, 2.45) is 0 Å². The lowest BCUT2D eigenvalue weighted by Gasteiger charge is -2.34. The molecule has 0 bridgehead atoms. The summed E-state index contributed by atoms with van der Waals surface area (Å²) >= 11 is 0. The van der Waals surface area contributed by atoms with E-state index in [1.807, 2.05) is 30.3 Å². The van der Waals surface area contributed by atoms with Gasteiger partial charge in [-0.15, -0.1) is 0 Å². The number of alkyl halides is 3. The molecule has 0 saturated heterocycles. The maximum Gasteiger partial charge on any atom is 0.410 e. The average Bonchev–Trinajstić information content (AvgIpc) is 3.21. The second-order valence-corrected chi connectivity index (χ2v) is 7.28. The molecule has 0 aliphatic carbocycles. The first kappa shape index (κ1) is 20.8. The monoisotopic (exact) mass is 430 g/mol. The van der Waals surface area contributed by atoms with E-state index >= 15 is 0 Å². The third-order valence-corrected chi connectivity index (χ3v) is 5.30. The minimum absolute atomic E-state index is 0.0555. The molecule has 0 fully saturated rings. The van der Waals surface area contributed by atoms with Crippen LogP contribution < -0.4 is 15.4 Å². The number of fused-ring (bicyclic) bond motifs is 1. The number of carbonyl (C=O) groups excluding carboxylic acids is 1. The summed E-state index contributed by atoms with van der Waals surface area (Å²) < 4.78 is 47.4. The maximum absolute atomic E-state index is 13.8. The van der Waals surface area contributed by atoms with Crippen LogP contribution in [0.4, 0.5) is 19.0 Å². The van der Waals surface area contributed by atoms with Gasteiger partial charge in [-0.05, 0) is 23.3 Å². The molecule has 1 aliphatic heterocycles. The van der Waals surface area contributed by atoms with Crippen molar-refractivity contribution in [1.82, 2.24) is 15.1 Å². The number of amides is 1. The van der Waals surface area contributed by atoms with Crippen molar-refractivity contribution in [2.45, 2.75) is 31.2 Å². The number of methoxy groups -OCH3 is 1. The molecule has 1 aliphatic rings. The fraction of sp³-hybridized carbons (Fsp3) is 0.273. The number of nitrogens with one attached hydrogen (secondary N) is 2. The highest BCUT2D eigenvalue weighted by Crippen LogP contribution is 2.44. The Morgan fingerprint density at radius 1 is 1.19 bits per heavy atom. The van der Waals surface area contributed by atoms with Crippen LogP contribution in [0.5, 0.6) is 5.75 Å². The number of hydrogen-bond acceptors (Lipinski definition) is 4. The second-order valence-electron chi connectivity index (χ2n) is 7.28. The van der Waals surface area contributed by atoms with E-state index in [0.717, 1.165) is 10.2 Å². The zero-order valence-electron chi connectivity index (χ0n) is 16.7. The summed E-state index contributed by atoms with van der Waals surface area (Å²) in [6.45, 7) is 0.259. The molecule has 4 rings (SSSR count). The summed E-state index contributed by atoms with van der Waals surface area (Å²) in [6.07, 6.45) is -3.57. The first-order valence-electron chi connectivity index (χ1n) is 9.73. The Kier molecular flexibility index (Phi) is 5.58. The van der Waals surface area contributed by atoms with Crippen LogP contribution in [0.3, 0.4) is 0 Å². The van der Waals surface area contributed by atoms with Gasteiger partial charge in [-0.3, -0.25) is 4.79 Å². The highest BCUT2D eigenvalue weighted by molar-refractivity contribution is 5.98. The molecule has 1 aromatic heterocycles. The molecule has 162 valence electrons. The van der Waals surface area contributed by atoms with Crippen LogP contribution in [0.25, 0.3) is 0 Å². The van der Waals surface area contributed by atoms with Crippen molar-refractivity contribution in [3.05, 3.63) is 77.5 Å². The van der Waals surface area contributed by atoms with Crippen LogP contribution in [0.2, 0.25) is 0 Å². The first-order valence-corrected chi connectivity index (χ1v) is 9.73. The molecule has 2 heterocycles. The van der Waals surface area contributed by atoms with Crippen LogP contribution in [0.1, 0.15) is 40.0 Å².